The number of ketones is 1. The van der Waals surface area contributed by atoms with Crippen molar-refractivity contribution in [3.8, 4) is 0 Å². The molecule has 27 heavy (non-hydrogen) atoms. The van der Waals surface area contributed by atoms with Crippen molar-refractivity contribution in [3.05, 3.63) is 29.3 Å². The van der Waals surface area contributed by atoms with Gasteiger partial charge < -0.3 is 10.1 Å². The summed E-state index contributed by atoms with van der Waals surface area (Å²) >= 11 is 0. The Morgan fingerprint density at radius 3 is 2.52 bits per heavy atom. The normalized spacial score (nSPS) is 27.6. The van der Waals surface area contributed by atoms with E-state index < -0.39 is 6.10 Å². The number of amides is 1. The number of carbonyl (C=O) groups excluding carboxylic acids is 3. The fourth-order valence-corrected chi connectivity index (χ4v) is 4.89. The molecule has 3 aliphatic carbocycles. The zero-order chi connectivity index (χ0) is 19.0. The number of aryl methyl sites for hydroxylation is 2. The summed E-state index contributed by atoms with van der Waals surface area (Å²) in [6.07, 6.45) is 6.45. The summed E-state index contributed by atoms with van der Waals surface area (Å²) in [5.41, 5.74) is 3.39. The zero-order valence-corrected chi connectivity index (χ0v) is 15.8. The minimum Gasteiger partial charge on any atom is -0.452 e. The predicted octanol–water partition coefficient (Wildman–Crippen LogP) is 3.44. The molecule has 1 amide bonds. The lowest BCUT2D eigenvalue weighted by molar-refractivity contribution is -0.161. The van der Waals surface area contributed by atoms with Gasteiger partial charge in [0.05, 0.1) is 5.92 Å². The van der Waals surface area contributed by atoms with Gasteiger partial charge in [-0.3, -0.25) is 14.4 Å². The number of benzene rings is 1. The number of carbonyl (C=O) groups is 3. The summed E-state index contributed by atoms with van der Waals surface area (Å²) < 4.78 is 5.45. The van der Waals surface area contributed by atoms with Crippen LogP contribution in [0.5, 0.6) is 0 Å². The Hall–Kier alpha value is -2.17. The van der Waals surface area contributed by atoms with Gasteiger partial charge in [0, 0.05) is 17.5 Å². The molecule has 0 aromatic heterocycles. The minimum atomic E-state index is -0.844. The van der Waals surface area contributed by atoms with Crippen LogP contribution in [0.4, 0.5) is 5.69 Å². The summed E-state index contributed by atoms with van der Waals surface area (Å²) in [5.74, 6) is -0.568. The maximum absolute atomic E-state index is 12.5. The van der Waals surface area contributed by atoms with E-state index in [2.05, 4.69) is 11.4 Å². The molecule has 2 saturated carbocycles. The second-order valence-corrected chi connectivity index (χ2v) is 8.30. The first-order valence-electron chi connectivity index (χ1n) is 10.2. The summed E-state index contributed by atoms with van der Waals surface area (Å²) in [6, 6.07) is 5.99. The molecule has 5 heteroatoms. The predicted molar refractivity (Wildman–Crippen MR) is 101 cm³/mol. The Labute approximate surface area is 159 Å². The van der Waals surface area contributed by atoms with Crippen LogP contribution >= 0.6 is 0 Å². The van der Waals surface area contributed by atoms with Gasteiger partial charge in [-0.15, -0.1) is 0 Å². The van der Waals surface area contributed by atoms with Crippen LogP contribution in [0.2, 0.25) is 0 Å². The van der Waals surface area contributed by atoms with E-state index in [9.17, 15) is 14.4 Å². The average molecular weight is 369 g/mol. The Balaban J connectivity index is 1.33. The van der Waals surface area contributed by atoms with Crippen molar-refractivity contribution >= 4 is 23.3 Å². The molecule has 0 saturated heterocycles. The van der Waals surface area contributed by atoms with Gasteiger partial charge in [0.15, 0.2) is 6.10 Å². The molecule has 0 aliphatic heterocycles. The number of ether oxygens (including phenoxy) is 1. The van der Waals surface area contributed by atoms with Crippen LogP contribution in [0, 0.1) is 17.8 Å². The molecule has 1 unspecified atom stereocenters. The number of anilines is 1. The third-order valence-corrected chi connectivity index (χ3v) is 6.41. The van der Waals surface area contributed by atoms with Gasteiger partial charge in [0.2, 0.25) is 0 Å². The van der Waals surface area contributed by atoms with E-state index in [-0.39, 0.29) is 29.6 Å². The smallest absolute Gasteiger partial charge is 0.309 e. The topological polar surface area (TPSA) is 72.5 Å². The molecular formula is C22H27NO4. The first-order chi connectivity index (χ1) is 13.0. The molecule has 144 valence electrons. The molecule has 1 aromatic rings. The van der Waals surface area contributed by atoms with Crippen LogP contribution in [-0.4, -0.2) is 23.8 Å². The highest BCUT2D eigenvalue weighted by Crippen LogP contribution is 2.40. The highest BCUT2D eigenvalue weighted by atomic mass is 16.5. The number of hydrogen-bond donors (Lipinski definition) is 1. The standard InChI is InChI=1S/C22H27NO4/c1-13(21(25)23-19-9-8-14-4-2-5-15(14)12-19)27-22(26)18-10-16-6-3-7-17(11-18)20(16)24/h8-9,12-13,16-18H,2-7,10-11H2,1H3,(H,23,25)/t13-,16-,17+,18?/m0/s1. The van der Waals surface area contributed by atoms with Crippen LogP contribution in [0.25, 0.3) is 0 Å². The van der Waals surface area contributed by atoms with Crippen LogP contribution in [0.3, 0.4) is 0 Å². The van der Waals surface area contributed by atoms with Crippen LogP contribution in [0.15, 0.2) is 18.2 Å². The quantitative estimate of drug-likeness (QED) is 0.825. The second kappa shape index (κ2) is 7.45. The monoisotopic (exact) mass is 369 g/mol. The lowest BCUT2D eigenvalue weighted by Gasteiger charge is -2.36. The van der Waals surface area contributed by atoms with Crippen LogP contribution in [0.1, 0.15) is 56.6 Å². The number of nitrogens with one attached hydrogen (secondary N) is 1. The van der Waals surface area contributed by atoms with Crippen LogP contribution in [-0.2, 0) is 32.0 Å². The summed E-state index contributed by atoms with van der Waals surface area (Å²) in [5, 5.41) is 2.86. The molecular weight excluding hydrogens is 342 g/mol. The van der Waals surface area contributed by atoms with Gasteiger partial charge >= 0.3 is 5.97 Å². The molecule has 0 spiro atoms. The van der Waals surface area contributed by atoms with Crippen molar-refractivity contribution in [2.45, 2.75) is 64.4 Å². The van der Waals surface area contributed by atoms with Gasteiger partial charge in [-0.1, -0.05) is 12.5 Å². The summed E-state index contributed by atoms with van der Waals surface area (Å²) in [7, 11) is 0. The zero-order valence-electron chi connectivity index (χ0n) is 15.8. The van der Waals surface area contributed by atoms with E-state index >= 15 is 0 Å². The fourth-order valence-electron chi connectivity index (χ4n) is 4.89. The molecule has 5 nitrogen and oxygen atoms in total. The van der Waals surface area contributed by atoms with Crippen molar-refractivity contribution in [1.29, 1.82) is 0 Å². The fraction of sp³-hybridized carbons (Fsp3) is 0.591. The molecule has 2 fully saturated rings. The second-order valence-electron chi connectivity index (χ2n) is 8.30. The lowest BCUT2D eigenvalue weighted by atomic mass is 9.67. The van der Waals surface area contributed by atoms with Gasteiger partial charge in [-0.25, -0.2) is 0 Å². The third-order valence-electron chi connectivity index (χ3n) is 6.41. The van der Waals surface area contributed by atoms with Gasteiger partial charge in [0.25, 0.3) is 5.91 Å². The lowest BCUT2D eigenvalue weighted by Crippen LogP contribution is -2.41. The number of Topliss-reactive ketones (excluding diaryl/α,β-unsaturated/α-hetero) is 1. The van der Waals surface area contributed by atoms with Crippen molar-refractivity contribution in [1.82, 2.24) is 0 Å². The van der Waals surface area contributed by atoms with E-state index in [0.29, 0.717) is 18.6 Å². The number of hydrogen-bond acceptors (Lipinski definition) is 4. The first-order valence-corrected chi connectivity index (χ1v) is 10.2. The third kappa shape index (κ3) is 3.78. The Kier molecular flexibility index (Phi) is 5.02. The molecule has 1 N–H and O–H groups in total. The van der Waals surface area contributed by atoms with Gasteiger partial charge in [0.1, 0.15) is 5.78 Å². The van der Waals surface area contributed by atoms with E-state index in [4.69, 9.17) is 4.74 Å². The maximum atomic E-state index is 12.5. The Morgan fingerprint density at radius 1 is 1.07 bits per heavy atom. The number of rotatable bonds is 4. The van der Waals surface area contributed by atoms with Crippen LogP contribution < -0.4 is 5.32 Å². The largest absolute Gasteiger partial charge is 0.452 e. The molecule has 2 bridgehead atoms. The summed E-state index contributed by atoms with van der Waals surface area (Å²) in [6.45, 7) is 1.61. The maximum Gasteiger partial charge on any atom is 0.309 e. The van der Waals surface area contributed by atoms with E-state index in [1.54, 1.807) is 6.92 Å². The van der Waals surface area contributed by atoms with Crippen molar-refractivity contribution in [2.24, 2.45) is 17.8 Å². The molecule has 4 atom stereocenters. The van der Waals surface area contributed by atoms with Crippen molar-refractivity contribution < 1.29 is 19.1 Å². The SMILES string of the molecule is C[C@H](OC(=O)C1C[C@H]2CCC[C@@H](C1)C2=O)C(=O)Nc1ccc2c(c1)CCC2. The molecule has 0 heterocycles. The van der Waals surface area contributed by atoms with E-state index in [1.807, 2.05) is 12.1 Å². The van der Waals surface area contributed by atoms with Gasteiger partial charge in [-0.2, -0.15) is 0 Å². The molecule has 4 rings (SSSR count). The van der Waals surface area contributed by atoms with E-state index in [1.165, 1.54) is 11.1 Å². The molecule has 0 radical (unpaired) electrons. The first kappa shape index (κ1) is 18.2. The molecule has 3 aliphatic rings. The van der Waals surface area contributed by atoms with Gasteiger partial charge in [-0.05, 0) is 75.1 Å². The highest BCUT2D eigenvalue weighted by molar-refractivity contribution is 5.95. The van der Waals surface area contributed by atoms with E-state index in [0.717, 1.165) is 44.2 Å². The highest BCUT2D eigenvalue weighted by Gasteiger charge is 2.42. The number of fused-ring (bicyclic) bond motifs is 3. The minimum absolute atomic E-state index is 0.00518. The Bertz CT molecular complexity index is 756. The Morgan fingerprint density at radius 2 is 1.78 bits per heavy atom. The molecule has 1 aromatic carbocycles. The summed E-state index contributed by atoms with van der Waals surface area (Å²) in [4.78, 5) is 37.2. The number of esters is 1. The average Bonchev–Trinajstić information content (AvgIpc) is 3.09. The van der Waals surface area contributed by atoms with Crippen molar-refractivity contribution in [3.63, 3.8) is 0 Å². The van der Waals surface area contributed by atoms with Crippen molar-refractivity contribution in [2.75, 3.05) is 5.32 Å².